The van der Waals surface area contributed by atoms with Gasteiger partial charge in [0.05, 0.1) is 0 Å². The van der Waals surface area contributed by atoms with Crippen LogP contribution in [0.4, 0.5) is 0 Å². The van der Waals surface area contributed by atoms with Crippen molar-refractivity contribution in [2.75, 3.05) is 13.1 Å². The molecule has 1 aliphatic heterocycles. The van der Waals surface area contributed by atoms with Crippen molar-refractivity contribution in [3.63, 3.8) is 0 Å². The van der Waals surface area contributed by atoms with Crippen LogP contribution in [0.3, 0.4) is 0 Å². The van der Waals surface area contributed by atoms with Crippen molar-refractivity contribution < 1.29 is 24.5 Å². The Morgan fingerprint density at radius 2 is 2.15 bits per heavy atom. The molecule has 1 heterocycles. The summed E-state index contributed by atoms with van der Waals surface area (Å²) in [5.74, 6) is -1.52. The molecule has 1 unspecified atom stereocenters. The molecule has 1 aliphatic rings. The molecule has 0 aromatic rings. The highest BCUT2D eigenvalue weighted by Crippen LogP contribution is 2.23. The van der Waals surface area contributed by atoms with E-state index in [1.165, 1.54) is 4.90 Å². The van der Waals surface area contributed by atoms with Crippen LogP contribution in [0.5, 0.6) is 0 Å². The van der Waals surface area contributed by atoms with Gasteiger partial charge in [0.1, 0.15) is 20.7 Å². The van der Waals surface area contributed by atoms with Gasteiger partial charge in [0.2, 0.25) is 5.91 Å². The molecule has 0 aromatic heterocycles. The topological polar surface area (TPSA) is 124 Å². The summed E-state index contributed by atoms with van der Waals surface area (Å²) in [6.45, 7) is 0.823. The molecule has 20 heavy (non-hydrogen) atoms. The maximum absolute atomic E-state index is 12.4. The van der Waals surface area contributed by atoms with Gasteiger partial charge < -0.3 is 25.5 Å². The van der Waals surface area contributed by atoms with Crippen LogP contribution < -0.4 is 5.73 Å². The summed E-state index contributed by atoms with van der Waals surface area (Å²) in [6, 6.07) is -1.80. The second kappa shape index (κ2) is 8.36. The number of carboxylic acid groups (broad SMARTS) is 1. The van der Waals surface area contributed by atoms with Crippen molar-refractivity contribution >= 4 is 20.5 Å². The molecule has 0 saturated carbocycles. The Morgan fingerprint density at radius 1 is 1.45 bits per heavy atom. The summed E-state index contributed by atoms with van der Waals surface area (Å²) >= 11 is 0. The van der Waals surface area contributed by atoms with Crippen LogP contribution in [0.2, 0.25) is 0 Å². The second-order valence-corrected chi connectivity index (χ2v) is 5.55. The Morgan fingerprint density at radius 3 is 2.70 bits per heavy atom. The van der Waals surface area contributed by atoms with Gasteiger partial charge in [-0.05, 0) is 38.6 Å². The van der Waals surface area contributed by atoms with E-state index >= 15 is 0 Å². The van der Waals surface area contributed by atoms with Crippen LogP contribution >= 0.6 is 8.61 Å². The van der Waals surface area contributed by atoms with Crippen LogP contribution in [-0.2, 0) is 14.2 Å². The van der Waals surface area contributed by atoms with Crippen LogP contribution in [0.15, 0.2) is 0 Å². The zero-order chi connectivity index (χ0) is 15.1. The van der Waals surface area contributed by atoms with Gasteiger partial charge in [-0.2, -0.15) is 0 Å². The number of aliphatic carboxylic acids is 1. The van der Waals surface area contributed by atoms with Gasteiger partial charge in [0.15, 0.2) is 0 Å². The molecular formula is C11H22N3O5P. The van der Waals surface area contributed by atoms with Crippen molar-refractivity contribution in [2.45, 2.75) is 44.2 Å². The highest BCUT2D eigenvalue weighted by Gasteiger charge is 2.38. The third kappa shape index (κ3) is 4.28. The zero-order valence-electron chi connectivity index (χ0n) is 11.3. The number of nitrogens with zero attached hydrogens (tertiary/aromatic N) is 2. The Labute approximate surface area is 118 Å². The normalized spacial score (nSPS) is 20.9. The minimum absolute atomic E-state index is 0.310. The first-order valence-electron chi connectivity index (χ1n) is 6.68. The van der Waals surface area contributed by atoms with Crippen LogP contribution in [0, 0.1) is 0 Å². The van der Waals surface area contributed by atoms with Gasteiger partial charge in [-0.3, -0.25) is 4.79 Å². The minimum atomic E-state index is -1.65. The zero-order valence-corrected chi connectivity index (χ0v) is 12.4. The molecule has 1 amide bonds. The maximum atomic E-state index is 12.4. The first-order valence-corrected chi connectivity index (χ1v) is 7.67. The van der Waals surface area contributed by atoms with Gasteiger partial charge >= 0.3 is 5.97 Å². The molecule has 4 N–H and O–H groups in total. The number of unbranched alkanes of at least 4 members (excludes halogenated alkanes) is 1. The average Bonchev–Trinajstić information content (AvgIpc) is 2.91. The summed E-state index contributed by atoms with van der Waals surface area (Å²) in [4.78, 5) is 25.2. The quantitative estimate of drug-likeness (QED) is 0.325. The lowest BCUT2D eigenvalue weighted by Crippen LogP contribution is -2.49. The number of carbonyl (C=O) groups is 2. The summed E-state index contributed by atoms with van der Waals surface area (Å²) in [5.41, 5.74) is 5.38. The molecule has 1 rings (SSSR count). The third-order valence-corrected chi connectivity index (χ3v) is 4.04. The predicted molar refractivity (Wildman–Crippen MR) is 73.1 cm³/mol. The molecule has 1 fully saturated rings. The number of hydroxylamine groups is 1. The van der Waals surface area contributed by atoms with Gasteiger partial charge in [-0.15, -0.1) is 4.83 Å². The molecule has 0 bridgehead atoms. The third-order valence-electron chi connectivity index (χ3n) is 3.47. The maximum Gasteiger partial charge on any atom is 0.326 e. The molecule has 9 heteroatoms. The number of rotatable bonds is 8. The molecule has 0 spiro atoms. The largest absolute Gasteiger partial charge is 0.480 e. The lowest BCUT2D eigenvalue weighted by atomic mass is 10.1. The Kier molecular flexibility index (Phi) is 7.15. The highest BCUT2D eigenvalue weighted by molar-refractivity contribution is 7.20. The monoisotopic (exact) mass is 307 g/mol. The smallest absolute Gasteiger partial charge is 0.326 e. The summed E-state index contributed by atoms with van der Waals surface area (Å²) in [5, 5.41) is 18.7. The van der Waals surface area contributed by atoms with E-state index in [9.17, 15) is 19.4 Å². The van der Waals surface area contributed by atoms with Gasteiger partial charge in [-0.1, -0.05) is 0 Å². The first-order chi connectivity index (χ1) is 9.52. The number of carbonyl (C=O) groups excluding carboxylic acids is 1. The number of likely N-dealkylation sites (tertiary alicyclic amines) is 1. The SMILES string of the molecule is NCCCC[C@@H](C(=O)N1CCC[C@H]1C(=O)O)N(O)[PH2]=O. The first kappa shape index (κ1) is 17.1. The molecule has 0 radical (unpaired) electrons. The highest BCUT2D eigenvalue weighted by atomic mass is 31.1. The fraction of sp³-hybridized carbons (Fsp3) is 0.818. The molecule has 8 nitrogen and oxygen atoms in total. The Balaban J connectivity index is 2.75. The Bertz CT molecular complexity index is 368. The number of nitrogens with two attached hydrogens (primary N) is 1. The number of amides is 1. The van der Waals surface area contributed by atoms with E-state index in [0.29, 0.717) is 50.0 Å². The summed E-state index contributed by atoms with van der Waals surface area (Å²) in [7, 11) is -1.65. The van der Waals surface area contributed by atoms with Crippen LogP contribution in [0.25, 0.3) is 0 Å². The van der Waals surface area contributed by atoms with E-state index in [0.717, 1.165) is 0 Å². The molecule has 1 saturated heterocycles. The minimum Gasteiger partial charge on any atom is -0.480 e. The standard InChI is InChI=1S/C11H22N3O5P/c12-6-2-1-4-8(14(18)20-19)10(15)13-7-3-5-9(13)11(16)17/h8-9,18H,1-7,12,20H2,(H,16,17)/t8-,9-/m0/s1. The fourth-order valence-electron chi connectivity index (χ4n) is 2.40. The molecular weight excluding hydrogens is 285 g/mol. The van der Waals surface area contributed by atoms with Crippen molar-refractivity contribution in [1.29, 1.82) is 0 Å². The van der Waals surface area contributed by atoms with Crippen molar-refractivity contribution in [2.24, 2.45) is 5.73 Å². The van der Waals surface area contributed by atoms with Crippen LogP contribution in [0.1, 0.15) is 32.1 Å². The van der Waals surface area contributed by atoms with E-state index in [1.54, 1.807) is 0 Å². The van der Waals surface area contributed by atoms with Crippen molar-refractivity contribution in [3.8, 4) is 0 Å². The summed E-state index contributed by atoms with van der Waals surface area (Å²) < 4.78 is 10.9. The van der Waals surface area contributed by atoms with Crippen molar-refractivity contribution in [1.82, 2.24) is 9.73 Å². The van der Waals surface area contributed by atoms with Gasteiger partial charge in [-0.25, -0.2) is 4.79 Å². The van der Waals surface area contributed by atoms with E-state index in [1.807, 2.05) is 0 Å². The van der Waals surface area contributed by atoms with E-state index in [-0.39, 0.29) is 0 Å². The number of carboxylic acids is 1. The summed E-state index contributed by atoms with van der Waals surface area (Å²) in [6.07, 6.45) is 2.63. The molecule has 3 atom stereocenters. The lowest BCUT2D eigenvalue weighted by Gasteiger charge is -2.28. The average molecular weight is 307 g/mol. The molecule has 116 valence electrons. The lowest BCUT2D eigenvalue weighted by molar-refractivity contribution is -0.154. The van der Waals surface area contributed by atoms with Gasteiger partial charge in [0.25, 0.3) is 0 Å². The number of hydrogen-bond acceptors (Lipinski definition) is 5. The molecule has 0 aromatic carbocycles. The predicted octanol–water partition coefficient (Wildman–Crippen LogP) is -0.0779. The Hall–Kier alpha value is -0.950. The molecule has 0 aliphatic carbocycles. The van der Waals surface area contributed by atoms with Gasteiger partial charge in [0, 0.05) is 6.54 Å². The van der Waals surface area contributed by atoms with E-state index in [2.05, 4.69) is 0 Å². The van der Waals surface area contributed by atoms with Crippen molar-refractivity contribution in [3.05, 3.63) is 0 Å². The number of hydrogen-bond donors (Lipinski definition) is 3. The second-order valence-electron chi connectivity index (χ2n) is 4.81. The van der Waals surface area contributed by atoms with Crippen LogP contribution in [-0.4, -0.2) is 57.1 Å². The fourth-order valence-corrected chi connectivity index (χ4v) is 2.83. The van der Waals surface area contributed by atoms with E-state index in [4.69, 9.17) is 10.8 Å². The van der Waals surface area contributed by atoms with E-state index < -0.39 is 32.6 Å².